The number of ketones is 1. The Kier molecular flexibility index (Phi) is 6.67. The highest BCUT2D eigenvalue weighted by atomic mass is 16.5. The molecule has 1 atom stereocenters. The number of rotatable bonds is 5. The molecule has 5 rings (SSSR count). The maximum Gasteiger partial charge on any atom is 0.300 e. The number of amides is 1. The van der Waals surface area contributed by atoms with Gasteiger partial charge in [0.1, 0.15) is 11.5 Å². The van der Waals surface area contributed by atoms with Gasteiger partial charge >= 0.3 is 0 Å². The van der Waals surface area contributed by atoms with Crippen molar-refractivity contribution < 1.29 is 19.4 Å². The molecule has 37 heavy (non-hydrogen) atoms. The van der Waals surface area contributed by atoms with Crippen molar-refractivity contribution in [2.75, 3.05) is 50.1 Å². The number of aliphatic hydroxyl groups is 1. The molecule has 3 heterocycles. The molecule has 2 aromatic carbocycles. The highest BCUT2D eigenvalue weighted by Gasteiger charge is 2.47. The zero-order chi connectivity index (χ0) is 26.1. The molecule has 1 amide bonds. The van der Waals surface area contributed by atoms with Crippen molar-refractivity contribution in [1.82, 2.24) is 9.88 Å². The van der Waals surface area contributed by atoms with Crippen LogP contribution in [0.3, 0.4) is 0 Å². The SMILES string of the molecule is COc1ccc(/C(O)=C2/C(=O)C(=O)N(c3ccc(N4CCN(C)CC4)cc3)C2c2cccnc2)cc1C. The number of carbonyl (C=O) groups excluding carboxylic acids is 2. The van der Waals surface area contributed by atoms with E-state index in [1.165, 1.54) is 4.90 Å². The van der Waals surface area contributed by atoms with Gasteiger partial charge < -0.3 is 19.6 Å². The molecule has 1 N–H and O–H groups in total. The molecule has 0 aliphatic carbocycles. The predicted octanol–water partition coefficient (Wildman–Crippen LogP) is 3.78. The molecular weight excluding hydrogens is 468 g/mol. The molecule has 1 aromatic heterocycles. The molecule has 190 valence electrons. The van der Waals surface area contributed by atoms with Gasteiger partial charge in [0.15, 0.2) is 0 Å². The van der Waals surface area contributed by atoms with Crippen molar-refractivity contribution in [3.8, 4) is 5.75 Å². The number of carbonyl (C=O) groups is 2. The molecule has 8 heteroatoms. The monoisotopic (exact) mass is 498 g/mol. The van der Waals surface area contributed by atoms with E-state index >= 15 is 0 Å². The first-order chi connectivity index (χ1) is 17.9. The van der Waals surface area contributed by atoms with Gasteiger partial charge in [-0.05, 0) is 73.6 Å². The number of aromatic nitrogens is 1. The van der Waals surface area contributed by atoms with Gasteiger partial charge in [-0.15, -0.1) is 0 Å². The van der Waals surface area contributed by atoms with Crippen molar-refractivity contribution >= 4 is 28.8 Å². The lowest BCUT2D eigenvalue weighted by atomic mass is 9.95. The van der Waals surface area contributed by atoms with E-state index in [1.54, 1.807) is 43.8 Å². The van der Waals surface area contributed by atoms with Crippen LogP contribution in [0.5, 0.6) is 5.75 Å². The number of aliphatic hydroxyl groups excluding tert-OH is 1. The van der Waals surface area contributed by atoms with Crippen LogP contribution < -0.4 is 14.5 Å². The number of nitrogens with zero attached hydrogens (tertiary/aromatic N) is 4. The van der Waals surface area contributed by atoms with E-state index in [1.807, 2.05) is 37.3 Å². The third-order valence-electron chi connectivity index (χ3n) is 7.11. The zero-order valence-electron chi connectivity index (χ0n) is 21.2. The van der Waals surface area contributed by atoms with Crippen LogP contribution in [0.4, 0.5) is 11.4 Å². The number of ether oxygens (including phenoxy) is 1. The van der Waals surface area contributed by atoms with Gasteiger partial charge in [0.25, 0.3) is 11.7 Å². The largest absolute Gasteiger partial charge is 0.507 e. The summed E-state index contributed by atoms with van der Waals surface area (Å²) in [7, 11) is 3.69. The first-order valence-electron chi connectivity index (χ1n) is 12.3. The Hall–Kier alpha value is -4.17. The Morgan fingerprint density at radius 1 is 1.00 bits per heavy atom. The van der Waals surface area contributed by atoms with Gasteiger partial charge in [0.05, 0.1) is 18.7 Å². The van der Waals surface area contributed by atoms with Crippen LogP contribution in [0.1, 0.15) is 22.7 Å². The quantitative estimate of drug-likeness (QED) is 0.326. The summed E-state index contributed by atoms with van der Waals surface area (Å²) in [5.74, 6) is -0.980. The summed E-state index contributed by atoms with van der Waals surface area (Å²) in [6, 6.07) is 15.6. The lowest BCUT2D eigenvalue weighted by molar-refractivity contribution is -0.132. The van der Waals surface area contributed by atoms with E-state index in [9.17, 15) is 14.7 Å². The first-order valence-corrected chi connectivity index (χ1v) is 12.3. The number of likely N-dealkylation sites (N-methyl/N-ethyl adjacent to an activating group) is 1. The van der Waals surface area contributed by atoms with E-state index in [0.29, 0.717) is 22.6 Å². The minimum atomic E-state index is -0.814. The number of piperazine rings is 1. The summed E-state index contributed by atoms with van der Waals surface area (Å²) in [5.41, 5.74) is 3.56. The third-order valence-corrected chi connectivity index (χ3v) is 7.11. The van der Waals surface area contributed by atoms with Crippen molar-refractivity contribution in [1.29, 1.82) is 0 Å². The molecule has 3 aromatic rings. The summed E-state index contributed by atoms with van der Waals surface area (Å²) >= 11 is 0. The minimum absolute atomic E-state index is 0.0331. The van der Waals surface area contributed by atoms with E-state index in [2.05, 4.69) is 21.8 Å². The van der Waals surface area contributed by atoms with Crippen molar-refractivity contribution in [3.05, 3.63) is 89.3 Å². The minimum Gasteiger partial charge on any atom is -0.507 e. The highest BCUT2D eigenvalue weighted by molar-refractivity contribution is 6.51. The molecule has 0 bridgehead atoms. The van der Waals surface area contributed by atoms with Crippen LogP contribution >= 0.6 is 0 Å². The van der Waals surface area contributed by atoms with Gasteiger partial charge in [-0.3, -0.25) is 19.5 Å². The smallest absolute Gasteiger partial charge is 0.300 e. The number of Topliss-reactive ketones (excluding diaryl/α,β-unsaturated/α-hetero) is 1. The zero-order valence-corrected chi connectivity index (χ0v) is 21.2. The first kappa shape index (κ1) is 24.5. The molecule has 0 spiro atoms. The lowest BCUT2D eigenvalue weighted by Crippen LogP contribution is -2.44. The van der Waals surface area contributed by atoms with E-state index < -0.39 is 17.7 Å². The van der Waals surface area contributed by atoms with Crippen molar-refractivity contribution in [2.45, 2.75) is 13.0 Å². The molecule has 2 fully saturated rings. The van der Waals surface area contributed by atoms with Gasteiger partial charge in [-0.25, -0.2) is 0 Å². The molecule has 2 saturated heterocycles. The van der Waals surface area contributed by atoms with E-state index in [4.69, 9.17) is 4.74 Å². The molecular formula is C29H30N4O4. The van der Waals surface area contributed by atoms with Crippen LogP contribution in [-0.2, 0) is 9.59 Å². The highest BCUT2D eigenvalue weighted by Crippen LogP contribution is 2.42. The second kappa shape index (κ2) is 10.1. The fourth-order valence-corrected chi connectivity index (χ4v) is 5.02. The van der Waals surface area contributed by atoms with Crippen LogP contribution in [0, 0.1) is 6.92 Å². The number of hydrogen-bond acceptors (Lipinski definition) is 7. The summed E-state index contributed by atoms with van der Waals surface area (Å²) in [4.78, 5) is 37.0. The molecule has 2 aliphatic heterocycles. The van der Waals surface area contributed by atoms with Crippen LogP contribution in [0.15, 0.2) is 72.6 Å². The van der Waals surface area contributed by atoms with Crippen LogP contribution in [0.25, 0.3) is 5.76 Å². The number of pyridine rings is 1. The van der Waals surface area contributed by atoms with E-state index in [-0.39, 0.29) is 11.3 Å². The topological polar surface area (TPSA) is 86.2 Å². The number of anilines is 2. The summed E-state index contributed by atoms with van der Waals surface area (Å²) in [6.45, 7) is 5.69. The Morgan fingerprint density at radius 2 is 1.70 bits per heavy atom. The maximum atomic E-state index is 13.4. The normalized spacial score (nSPS) is 19.9. The number of methoxy groups -OCH3 is 1. The van der Waals surface area contributed by atoms with Gasteiger partial charge in [0.2, 0.25) is 0 Å². The number of hydrogen-bond donors (Lipinski definition) is 1. The van der Waals surface area contributed by atoms with Gasteiger partial charge in [0, 0.05) is 55.5 Å². The third kappa shape index (κ3) is 4.56. The van der Waals surface area contributed by atoms with Crippen LogP contribution in [0.2, 0.25) is 0 Å². The number of aryl methyl sites for hydroxylation is 1. The Balaban J connectivity index is 1.57. The van der Waals surface area contributed by atoms with Gasteiger partial charge in [-0.2, -0.15) is 0 Å². The molecule has 8 nitrogen and oxygen atoms in total. The van der Waals surface area contributed by atoms with E-state index in [0.717, 1.165) is 37.4 Å². The maximum absolute atomic E-state index is 13.4. The van der Waals surface area contributed by atoms with Crippen LogP contribution in [-0.4, -0.2) is 67.0 Å². The fraction of sp³-hybridized carbons (Fsp3) is 0.276. The van der Waals surface area contributed by atoms with Gasteiger partial charge in [-0.1, -0.05) is 6.07 Å². The number of benzene rings is 2. The predicted molar refractivity (Wildman–Crippen MR) is 143 cm³/mol. The summed E-state index contributed by atoms with van der Waals surface area (Å²) in [5, 5.41) is 11.3. The Bertz CT molecular complexity index is 1350. The van der Waals surface area contributed by atoms with Crippen molar-refractivity contribution in [3.63, 3.8) is 0 Å². The molecule has 1 unspecified atom stereocenters. The molecule has 0 saturated carbocycles. The average Bonchev–Trinajstić information content (AvgIpc) is 3.19. The molecule has 0 radical (unpaired) electrons. The second-order valence-electron chi connectivity index (χ2n) is 9.45. The second-order valence-corrected chi connectivity index (χ2v) is 9.45. The molecule has 2 aliphatic rings. The fourth-order valence-electron chi connectivity index (χ4n) is 5.02. The van der Waals surface area contributed by atoms with Crippen molar-refractivity contribution in [2.24, 2.45) is 0 Å². The summed E-state index contributed by atoms with van der Waals surface area (Å²) in [6.07, 6.45) is 3.25. The average molecular weight is 499 g/mol. The standard InChI is InChI=1S/C29H30N4O4/c1-19-17-20(6-11-24(19)37-3)27(34)25-26(21-5-4-12-30-18-21)33(29(36)28(25)35)23-9-7-22(8-10-23)32-15-13-31(2)14-16-32/h4-12,17-18,26,34H,13-16H2,1-3H3/b27-25-. The Labute approximate surface area is 216 Å². The Morgan fingerprint density at radius 3 is 2.32 bits per heavy atom. The lowest BCUT2D eigenvalue weighted by Gasteiger charge is -2.34. The summed E-state index contributed by atoms with van der Waals surface area (Å²) < 4.78 is 5.33.